The van der Waals surface area contributed by atoms with Crippen LogP contribution in [0.5, 0.6) is 0 Å². The molecule has 0 radical (unpaired) electrons. The molecule has 1 unspecified atom stereocenters. The first-order valence-electron chi connectivity index (χ1n) is 9.80. The van der Waals surface area contributed by atoms with Crippen molar-refractivity contribution in [1.82, 2.24) is 20.1 Å². The smallest absolute Gasteiger partial charge is 0.308 e. The van der Waals surface area contributed by atoms with Crippen molar-refractivity contribution in [2.45, 2.75) is 71.4 Å². The predicted octanol–water partition coefficient (Wildman–Crippen LogP) is 3.47. The second-order valence-electron chi connectivity index (χ2n) is 7.56. The second-order valence-corrected chi connectivity index (χ2v) is 7.56. The number of aliphatic carboxylic acids is 1. The molecule has 0 saturated heterocycles. The highest BCUT2D eigenvalue weighted by Gasteiger charge is 2.31. The van der Waals surface area contributed by atoms with Gasteiger partial charge >= 0.3 is 5.97 Å². The largest absolute Gasteiger partial charge is 0.481 e. The van der Waals surface area contributed by atoms with E-state index in [0.29, 0.717) is 29.4 Å². The van der Waals surface area contributed by atoms with Crippen LogP contribution >= 0.6 is 0 Å². The topological polar surface area (TPSA) is 97.1 Å². The van der Waals surface area contributed by atoms with Gasteiger partial charge in [0.05, 0.1) is 29.1 Å². The third kappa shape index (κ3) is 3.96. The maximum absolute atomic E-state index is 13.0. The number of carbonyl (C=O) groups is 2. The van der Waals surface area contributed by atoms with Gasteiger partial charge in [0, 0.05) is 11.7 Å². The minimum absolute atomic E-state index is 0.186. The first-order valence-corrected chi connectivity index (χ1v) is 9.80. The van der Waals surface area contributed by atoms with E-state index in [1.807, 2.05) is 11.6 Å². The third-order valence-electron chi connectivity index (χ3n) is 5.60. The Kier molecular flexibility index (Phi) is 5.77. The van der Waals surface area contributed by atoms with Crippen LogP contribution in [0.4, 0.5) is 0 Å². The summed E-state index contributed by atoms with van der Waals surface area (Å²) in [5, 5.41) is 17.7. The van der Waals surface area contributed by atoms with Crippen molar-refractivity contribution in [3.8, 4) is 0 Å². The maximum atomic E-state index is 13.0. The number of hydrogen-bond acceptors (Lipinski definition) is 4. The van der Waals surface area contributed by atoms with Crippen LogP contribution in [-0.2, 0) is 4.79 Å². The number of aromatic nitrogens is 3. The van der Waals surface area contributed by atoms with Crippen molar-refractivity contribution in [3.63, 3.8) is 0 Å². The monoisotopic (exact) mass is 372 g/mol. The summed E-state index contributed by atoms with van der Waals surface area (Å²) in [6.45, 7) is 6.01. The van der Waals surface area contributed by atoms with E-state index in [0.717, 1.165) is 31.4 Å². The molecule has 2 heterocycles. The molecule has 2 aromatic heterocycles. The van der Waals surface area contributed by atoms with Crippen LogP contribution in [0.1, 0.15) is 74.5 Å². The first kappa shape index (κ1) is 19.3. The summed E-state index contributed by atoms with van der Waals surface area (Å²) in [6, 6.07) is 1.60. The lowest BCUT2D eigenvalue weighted by atomic mass is 9.94. The lowest BCUT2D eigenvalue weighted by molar-refractivity contribution is -0.142. The van der Waals surface area contributed by atoms with Crippen LogP contribution in [0.3, 0.4) is 0 Å². The van der Waals surface area contributed by atoms with Gasteiger partial charge in [-0.2, -0.15) is 5.10 Å². The standard InChI is InChI=1S/C20H28N4O3/c1-4-13(3)24-18-16(11-21-24)15(10-12(2)22-18)19(25)23-17-9-7-5-6-8-14(17)20(26)27/h10-11,13-14,17H,4-9H2,1-3H3,(H,23,25)(H,26,27)/t13?,14-,17+/m1/s1. The lowest BCUT2D eigenvalue weighted by Crippen LogP contribution is -2.42. The van der Waals surface area contributed by atoms with E-state index < -0.39 is 11.9 Å². The van der Waals surface area contributed by atoms with Crippen LogP contribution in [0.25, 0.3) is 11.0 Å². The summed E-state index contributed by atoms with van der Waals surface area (Å²) in [5.41, 5.74) is 1.96. The number of hydrogen-bond donors (Lipinski definition) is 2. The van der Waals surface area contributed by atoms with Gasteiger partial charge in [0.15, 0.2) is 5.65 Å². The SMILES string of the molecule is CCC(C)n1ncc2c(C(=O)N[C@H]3CCCCC[C@H]3C(=O)O)cc(C)nc21. The molecule has 0 aromatic carbocycles. The zero-order valence-electron chi connectivity index (χ0n) is 16.2. The normalized spacial score (nSPS) is 21.6. The number of carbonyl (C=O) groups excluding carboxylic acids is 1. The van der Waals surface area contributed by atoms with Crippen LogP contribution < -0.4 is 5.32 Å². The molecule has 0 aliphatic heterocycles. The first-order chi connectivity index (χ1) is 12.9. The van der Waals surface area contributed by atoms with Crippen molar-refractivity contribution in [2.24, 2.45) is 5.92 Å². The zero-order valence-corrected chi connectivity index (χ0v) is 16.2. The molecule has 2 aromatic rings. The molecule has 0 bridgehead atoms. The molecule has 0 spiro atoms. The second kappa shape index (κ2) is 8.06. The van der Waals surface area contributed by atoms with Crippen LogP contribution in [0.15, 0.2) is 12.3 Å². The third-order valence-corrected chi connectivity index (χ3v) is 5.60. The highest BCUT2D eigenvalue weighted by molar-refractivity contribution is 6.05. The molecule has 1 amide bonds. The minimum Gasteiger partial charge on any atom is -0.481 e. The Morgan fingerprint density at radius 1 is 1.33 bits per heavy atom. The van der Waals surface area contributed by atoms with Crippen LogP contribution in [0, 0.1) is 12.8 Å². The predicted molar refractivity (Wildman–Crippen MR) is 103 cm³/mol. The Morgan fingerprint density at radius 2 is 2.07 bits per heavy atom. The quantitative estimate of drug-likeness (QED) is 0.783. The number of rotatable bonds is 5. The van der Waals surface area contributed by atoms with E-state index in [9.17, 15) is 14.7 Å². The van der Waals surface area contributed by atoms with Gasteiger partial charge in [-0.25, -0.2) is 9.67 Å². The van der Waals surface area contributed by atoms with Gasteiger partial charge < -0.3 is 10.4 Å². The van der Waals surface area contributed by atoms with Gasteiger partial charge in [0.25, 0.3) is 5.91 Å². The van der Waals surface area contributed by atoms with Gasteiger partial charge in [-0.05, 0) is 39.2 Å². The highest BCUT2D eigenvalue weighted by atomic mass is 16.4. The lowest BCUT2D eigenvalue weighted by Gasteiger charge is -2.23. The summed E-state index contributed by atoms with van der Waals surface area (Å²) in [7, 11) is 0. The maximum Gasteiger partial charge on any atom is 0.308 e. The molecular formula is C20H28N4O3. The number of nitrogens with one attached hydrogen (secondary N) is 1. The van der Waals surface area contributed by atoms with E-state index >= 15 is 0 Å². The number of aryl methyl sites for hydroxylation is 1. The van der Waals surface area contributed by atoms with Gasteiger partial charge in [-0.15, -0.1) is 0 Å². The van der Waals surface area contributed by atoms with E-state index in [4.69, 9.17) is 0 Å². The highest BCUT2D eigenvalue weighted by Crippen LogP contribution is 2.26. The Hall–Kier alpha value is -2.44. The van der Waals surface area contributed by atoms with Crippen molar-refractivity contribution in [1.29, 1.82) is 0 Å². The van der Waals surface area contributed by atoms with Gasteiger partial charge in [-0.1, -0.05) is 26.2 Å². The van der Waals surface area contributed by atoms with E-state index in [1.54, 1.807) is 12.3 Å². The van der Waals surface area contributed by atoms with E-state index in [1.165, 1.54) is 0 Å². The number of carboxylic acids is 1. The summed E-state index contributed by atoms with van der Waals surface area (Å²) in [4.78, 5) is 29.3. The minimum atomic E-state index is -0.831. The number of carboxylic acid groups (broad SMARTS) is 1. The van der Waals surface area contributed by atoms with Gasteiger partial charge in [0.1, 0.15) is 0 Å². The molecule has 1 aliphatic rings. The fourth-order valence-corrected chi connectivity index (χ4v) is 3.85. The Bertz CT molecular complexity index is 845. The fourth-order valence-electron chi connectivity index (χ4n) is 3.85. The van der Waals surface area contributed by atoms with Gasteiger partial charge in [0.2, 0.25) is 0 Å². The Morgan fingerprint density at radius 3 is 2.78 bits per heavy atom. The van der Waals surface area contributed by atoms with Crippen molar-refractivity contribution < 1.29 is 14.7 Å². The van der Waals surface area contributed by atoms with Crippen molar-refractivity contribution in [2.75, 3.05) is 0 Å². The summed E-state index contributed by atoms with van der Waals surface area (Å²) in [6.07, 6.45) is 6.74. The number of fused-ring (bicyclic) bond motifs is 1. The zero-order chi connectivity index (χ0) is 19.6. The average Bonchev–Trinajstić information content (AvgIpc) is 2.91. The average molecular weight is 372 g/mol. The molecular weight excluding hydrogens is 344 g/mol. The van der Waals surface area contributed by atoms with Crippen LogP contribution in [0.2, 0.25) is 0 Å². The van der Waals surface area contributed by atoms with Crippen molar-refractivity contribution in [3.05, 3.63) is 23.5 Å². The molecule has 1 aliphatic carbocycles. The molecule has 1 fully saturated rings. The van der Waals surface area contributed by atoms with E-state index in [2.05, 4.69) is 29.2 Å². The molecule has 7 heteroatoms. The molecule has 3 rings (SSSR count). The van der Waals surface area contributed by atoms with Crippen molar-refractivity contribution >= 4 is 22.9 Å². The summed E-state index contributed by atoms with van der Waals surface area (Å²) < 4.78 is 1.85. The number of nitrogens with zero attached hydrogens (tertiary/aromatic N) is 3. The molecule has 7 nitrogen and oxygen atoms in total. The molecule has 146 valence electrons. The van der Waals surface area contributed by atoms with E-state index in [-0.39, 0.29) is 18.0 Å². The number of pyridine rings is 1. The number of amides is 1. The summed E-state index contributed by atoms with van der Waals surface area (Å²) in [5.74, 6) is -1.60. The molecule has 27 heavy (non-hydrogen) atoms. The van der Waals surface area contributed by atoms with Crippen LogP contribution in [-0.4, -0.2) is 37.8 Å². The summed E-state index contributed by atoms with van der Waals surface area (Å²) >= 11 is 0. The van der Waals surface area contributed by atoms with Gasteiger partial charge in [-0.3, -0.25) is 9.59 Å². The fraction of sp³-hybridized carbons (Fsp3) is 0.600. The molecule has 2 N–H and O–H groups in total. The Balaban J connectivity index is 1.93. The Labute approximate surface area is 159 Å². The molecule has 1 saturated carbocycles. The molecule has 3 atom stereocenters.